The molecule has 1 fully saturated rings. The Bertz CT molecular complexity index is 1310. The van der Waals surface area contributed by atoms with Crippen LogP contribution in [0.3, 0.4) is 0 Å². The molecule has 0 N–H and O–H groups in total. The minimum Gasteiger partial charge on any atom is -0.303 e. The van der Waals surface area contributed by atoms with E-state index in [4.69, 9.17) is 0 Å². The standard InChI is InChI=1S/C27H27F3N4S/c1-35-24-14-21(13-23(15-24)27(28,29)30)25-17-32-34-18-22(16-31-26(25)34)20-7-5-19(6-8-20)9-12-33-10-3-2-4-11-33/h5-8,13-18H,2-4,9-12H2,1H3. The molecule has 1 aliphatic rings. The molecular weight excluding hydrogens is 469 g/mol. The highest BCUT2D eigenvalue weighted by atomic mass is 32.2. The fraction of sp³-hybridized carbons (Fsp3) is 0.333. The summed E-state index contributed by atoms with van der Waals surface area (Å²) in [5.74, 6) is 0. The topological polar surface area (TPSA) is 33.4 Å². The number of hydrogen-bond acceptors (Lipinski definition) is 4. The van der Waals surface area contributed by atoms with Gasteiger partial charge in [-0.3, -0.25) is 0 Å². The van der Waals surface area contributed by atoms with Gasteiger partial charge in [0.25, 0.3) is 0 Å². The Labute approximate surface area is 207 Å². The zero-order chi connectivity index (χ0) is 24.4. The molecule has 1 aliphatic heterocycles. The Kier molecular flexibility index (Phi) is 6.84. The highest BCUT2D eigenvalue weighted by molar-refractivity contribution is 7.98. The molecule has 2 aromatic heterocycles. The molecule has 8 heteroatoms. The molecule has 35 heavy (non-hydrogen) atoms. The lowest BCUT2D eigenvalue weighted by Crippen LogP contribution is -2.31. The summed E-state index contributed by atoms with van der Waals surface area (Å²) in [7, 11) is 0. The lowest BCUT2D eigenvalue weighted by molar-refractivity contribution is -0.137. The van der Waals surface area contributed by atoms with Gasteiger partial charge in [0.2, 0.25) is 0 Å². The van der Waals surface area contributed by atoms with Gasteiger partial charge in [0.05, 0.1) is 11.8 Å². The third kappa shape index (κ3) is 5.38. The summed E-state index contributed by atoms with van der Waals surface area (Å²) in [6, 6.07) is 12.6. The summed E-state index contributed by atoms with van der Waals surface area (Å²) in [6.45, 7) is 3.50. The molecule has 0 spiro atoms. The molecule has 5 rings (SSSR count). The predicted octanol–water partition coefficient (Wildman–Crippen LogP) is 6.83. The quantitative estimate of drug-likeness (QED) is 0.274. The molecule has 0 bridgehead atoms. The summed E-state index contributed by atoms with van der Waals surface area (Å²) in [5.41, 5.74) is 4.13. The molecular formula is C27H27F3N4S. The van der Waals surface area contributed by atoms with Crippen LogP contribution in [0.2, 0.25) is 0 Å². The number of piperidine rings is 1. The Morgan fingerprint density at radius 1 is 0.914 bits per heavy atom. The van der Waals surface area contributed by atoms with Gasteiger partial charge >= 0.3 is 6.18 Å². The maximum Gasteiger partial charge on any atom is 0.416 e. The predicted molar refractivity (Wildman–Crippen MR) is 135 cm³/mol. The zero-order valence-corrected chi connectivity index (χ0v) is 20.4. The van der Waals surface area contributed by atoms with E-state index in [1.165, 1.54) is 55.7 Å². The van der Waals surface area contributed by atoms with Crippen LogP contribution < -0.4 is 0 Å². The van der Waals surface area contributed by atoms with Crippen molar-refractivity contribution in [2.24, 2.45) is 0 Å². The summed E-state index contributed by atoms with van der Waals surface area (Å²) in [4.78, 5) is 7.65. The van der Waals surface area contributed by atoms with Gasteiger partial charge in [-0.05, 0) is 73.5 Å². The van der Waals surface area contributed by atoms with E-state index in [9.17, 15) is 13.2 Å². The molecule has 182 valence electrons. The second-order valence-electron chi connectivity index (χ2n) is 8.97. The van der Waals surface area contributed by atoms with E-state index in [2.05, 4.69) is 39.2 Å². The second kappa shape index (κ2) is 10.0. The third-order valence-electron chi connectivity index (χ3n) is 6.59. The van der Waals surface area contributed by atoms with Crippen molar-refractivity contribution in [3.05, 3.63) is 72.2 Å². The maximum atomic E-state index is 13.4. The van der Waals surface area contributed by atoms with Gasteiger partial charge in [0.15, 0.2) is 5.65 Å². The summed E-state index contributed by atoms with van der Waals surface area (Å²) in [6.07, 6.45) is 7.55. The first-order chi connectivity index (χ1) is 16.9. The molecule has 2 aromatic carbocycles. The first kappa shape index (κ1) is 23.9. The normalized spacial score (nSPS) is 15.1. The van der Waals surface area contributed by atoms with Gasteiger partial charge in [-0.15, -0.1) is 11.8 Å². The number of alkyl halides is 3. The van der Waals surface area contributed by atoms with E-state index >= 15 is 0 Å². The Hall–Kier alpha value is -2.84. The monoisotopic (exact) mass is 496 g/mol. The van der Waals surface area contributed by atoms with E-state index in [-0.39, 0.29) is 0 Å². The van der Waals surface area contributed by atoms with Crippen LogP contribution in [-0.2, 0) is 12.6 Å². The number of hydrogen-bond donors (Lipinski definition) is 0. The third-order valence-corrected chi connectivity index (χ3v) is 7.30. The first-order valence-electron chi connectivity index (χ1n) is 11.8. The Morgan fingerprint density at radius 3 is 2.40 bits per heavy atom. The van der Waals surface area contributed by atoms with Crippen molar-refractivity contribution in [2.45, 2.75) is 36.8 Å². The molecule has 0 saturated carbocycles. The van der Waals surface area contributed by atoms with E-state index in [1.54, 1.807) is 29.2 Å². The summed E-state index contributed by atoms with van der Waals surface area (Å²) in [5, 5.41) is 4.39. The van der Waals surface area contributed by atoms with Crippen molar-refractivity contribution in [3.8, 4) is 22.3 Å². The van der Waals surface area contributed by atoms with Crippen molar-refractivity contribution in [2.75, 3.05) is 25.9 Å². The first-order valence-corrected chi connectivity index (χ1v) is 13.0. The molecule has 0 unspecified atom stereocenters. The van der Waals surface area contributed by atoms with E-state index in [1.807, 2.05) is 6.20 Å². The van der Waals surface area contributed by atoms with Crippen molar-refractivity contribution >= 4 is 17.4 Å². The van der Waals surface area contributed by atoms with E-state index in [0.717, 1.165) is 30.2 Å². The molecule has 0 atom stereocenters. The lowest BCUT2D eigenvalue weighted by Gasteiger charge is -2.26. The van der Waals surface area contributed by atoms with Crippen molar-refractivity contribution in [1.29, 1.82) is 0 Å². The van der Waals surface area contributed by atoms with Gasteiger partial charge in [-0.25, -0.2) is 9.50 Å². The van der Waals surface area contributed by atoms with Gasteiger partial charge in [-0.2, -0.15) is 18.3 Å². The number of halogens is 3. The van der Waals surface area contributed by atoms with Crippen molar-refractivity contribution < 1.29 is 13.2 Å². The van der Waals surface area contributed by atoms with Crippen LogP contribution in [0.5, 0.6) is 0 Å². The van der Waals surface area contributed by atoms with Crippen LogP contribution in [0.15, 0.2) is 66.0 Å². The molecule has 0 radical (unpaired) electrons. The van der Waals surface area contributed by atoms with Gasteiger partial charge < -0.3 is 4.90 Å². The largest absolute Gasteiger partial charge is 0.416 e. The average molecular weight is 497 g/mol. The highest BCUT2D eigenvalue weighted by Gasteiger charge is 2.31. The van der Waals surface area contributed by atoms with Crippen LogP contribution in [0.25, 0.3) is 27.9 Å². The molecule has 3 heterocycles. The SMILES string of the molecule is CSc1cc(-c2cnn3cc(-c4ccc(CCN5CCCCC5)cc4)cnc23)cc(C(F)(F)F)c1. The number of benzene rings is 2. The Morgan fingerprint density at radius 2 is 1.69 bits per heavy atom. The number of nitrogens with zero attached hydrogens (tertiary/aromatic N) is 4. The fourth-order valence-corrected chi connectivity index (χ4v) is 5.09. The van der Waals surface area contributed by atoms with Gasteiger partial charge in [0, 0.05) is 35.0 Å². The number of aromatic nitrogens is 3. The Balaban J connectivity index is 1.37. The van der Waals surface area contributed by atoms with Crippen LogP contribution in [0, 0.1) is 0 Å². The fourth-order valence-electron chi connectivity index (χ4n) is 4.60. The molecule has 1 saturated heterocycles. The van der Waals surface area contributed by atoms with Crippen LogP contribution in [0.1, 0.15) is 30.4 Å². The van der Waals surface area contributed by atoms with Gasteiger partial charge in [0.1, 0.15) is 0 Å². The number of thioether (sulfide) groups is 1. The minimum absolute atomic E-state index is 0.456. The van der Waals surface area contributed by atoms with Crippen LogP contribution >= 0.6 is 11.8 Å². The molecule has 4 aromatic rings. The average Bonchev–Trinajstić information content (AvgIpc) is 3.31. The van der Waals surface area contributed by atoms with Crippen molar-refractivity contribution in [3.63, 3.8) is 0 Å². The number of fused-ring (bicyclic) bond motifs is 1. The summed E-state index contributed by atoms with van der Waals surface area (Å²) < 4.78 is 41.8. The van der Waals surface area contributed by atoms with E-state index < -0.39 is 11.7 Å². The second-order valence-corrected chi connectivity index (χ2v) is 9.85. The smallest absolute Gasteiger partial charge is 0.303 e. The minimum atomic E-state index is -4.41. The molecule has 0 aliphatic carbocycles. The summed E-state index contributed by atoms with van der Waals surface area (Å²) >= 11 is 1.28. The van der Waals surface area contributed by atoms with Gasteiger partial charge in [-0.1, -0.05) is 30.7 Å². The maximum absolute atomic E-state index is 13.4. The number of rotatable bonds is 6. The number of likely N-dealkylation sites (tertiary alicyclic amines) is 1. The highest BCUT2D eigenvalue weighted by Crippen LogP contribution is 2.36. The van der Waals surface area contributed by atoms with Crippen LogP contribution in [0.4, 0.5) is 13.2 Å². The zero-order valence-electron chi connectivity index (χ0n) is 19.6. The lowest BCUT2D eigenvalue weighted by atomic mass is 10.0. The van der Waals surface area contributed by atoms with Crippen LogP contribution in [-0.4, -0.2) is 45.4 Å². The van der Waals surface area contributed by atoms with Crippen molar-refractivity contribution in [1.82, 2.24) is 19.5 Å². The van der Waals surface area contributed by atoms with E-state index in [0.29, 0.717) is 21.7 Å². The molecule has 0 amide bonds. The molecule has 4 nitrogen and oxygen atoms in total.